The standard InChI is InChI=1S/C29H28ClN5/c1-3-34(4-2)23-16-22(17-23)29-33-26(27-28(30)31-14-15-35(27)29)21-11-10-20-12-13-24(32-25(20)18-21)19-8-6-5-7-9-19/h5-15,18,22-23H,3-4,16-17H2,1-2H3/t22-,23+. The molecule has 0 atom stereocenters. The van der Waals surface area contributed by atoms with Crippen LogP contribution in [0.3, 0.4) is 0 Å². The zero-order valence-electron chi connectivity index (χ0n) is 20.0. The second-order valence-electron chi connectivity index (χ2n) is 9.27. The van der Waals surface area contributed by atoms with Crippen LogP contribution in [0.15, 0.2) is 73.1 Å². The lowest BCUT2D eigenvalue weighted by molar-refractivity contribution is 0.117. The van der Waals surface area contributed by atoms with E-state index >= 15 is 0 Å². The number of hydrogen-bond acceptors (Lipinski definition) is 4. The number of halogens is 1. The molecule has 1 fully saturated rings. The Labute approximate surface area is 210 Å². The average molecular weight is 482 g/mol. The highest BCUT2D eigenvalue weighted by Gasteiger charge is 2.36. The van der Waals surface area contributed by atoms with E-state index in [9.17, 15) is 0 Å². The molecular formula is C29H28ClN5. The molecule has 1 saturated carbocycles. The van der Waals surface area contributed by atoms with Gasteiger partial charge in [0.2, 0.25) is 0 Å². The SMILES string of the molecule is CCN(CC)[C@H]1C[C@@H](c2nc(-c3ccc4ccc(-c5ccccc5)nc4c3)c3c(Cl)nccn32)C1. The lowest BCUT2D eigenvalue weighted by Crippen LogP contribution is -2.44. The molecule has 1 aliphatic rings. The lowest BCUT2D eigenvalue weighted by atomic mass is 9.78. The van der Waals surface area contributed by atoms with Crippen LogP contribution in [0.25, 0.3) is 38.9 Å². The maximum atomic E-state index is 6.64. The molecule has 3 heterocycles. The molecule has 6 heteroatoms. The molecule has 0 bridgehead atoms. The Hall–Kier alpha value is -3.28. The number of imidazole rings is 1. The van der Waals surface area contributed by atoms with Crippen LogP contribution in [0.1, 0.15) is 38.4 Å². The molecule has 0 saturated heterocycles. The van der Waals surface area contributed by atoms with Gasteiger partial charge in [-0.15, -0.1) is 0 Å². The smallest absolute Gasteiger partial charge is 0.155 e. The number of aromatic nitrogens is 4. The molecule has 2 aromatic carbocycles. The van der Waals surface area contributed by atoms with Crippen LogP contribution < -0.4 is 0 Å². The predicted octanol–water partition coefficient (Wildman–Crippen LogP) is 6.85. The van der Waals surface area contributed by atoms with Gasteiger partial charge in [0.05, 0.1) is 16.9 Å². The molecule has 5 nitrogen and oxygen atoms in total. The summed E-state index contributed by atoms with van der Waals surface area (Å²) >= 11 is 6.64. The summed E-state index contributed by atoms with van der Waals surface area (Å²) in [6, 6.07) is 21.4. The summed E-state index contributed by atoms with van der Waals surface area (Å²) in [5.74, 6) is 1.50. The highest BCUT2D eigenvalue weighted by atomic mass is 35.5. The van der Waals surface area contributed by atoms with Crippen LogP contribution in [0.4, 0.5) is 0 Å². The van der Waals surface area contributed by atoms with E-state index in [0.717, 1.165) is 70.7 Å². The molecule has 0 aliphatic heterocycles. The molecule has 5 aromatic rings. The Kier molecular flexibility index (Phi) is 5.75. The van der Waals surface area contributed by atoms with E-state index in [1.54, 1.807) is 6.20 Å². The number of fused-ring (bicyclic) bond motifs is 2. The van der Waals surface area contributed by atoms with Gasteiger partial charge in [-0.25, -0.2) is 15.0 Å². The fraction of sp³-hybridized carbons (Fsp3) is 0.276. The molecule has 6 rings (SSSR count). The number of pyridine rings is 1. The van der Waals surface area contributed by atoms with Crippen molar-refractivity contribution >= 4 is 28.0 Å². The van der Waals surface area contributed by atoms with Crippen molar-refractivity contribution in [1.29, 1.82) is 0 Å². The summed E-state index contributed by atoms with van der Waals surface area (Å²) < 4.78 is 2.14. The van der Waals surface area contributed by atoms with Crippen molar-refractivity contribution < 1.29 is 0 Å². The van der Waals surface area contributed by atoms with Gasteiger partial charge in [-0.1, -0.05) is 74.0 Å². The zero-order chi connectivity index (χ0) is 23.9. The molecule has 3 aromatic heterocycles. The second kappa shape index (κ2) is 9.06. The van der Waals surface area contributed by atoms with Gasteiger partial charge in [0.25, 0.3) is 0 Å². The van der Waals surface area contributed by atoms with Crippen LogP contribution >= 0.6 is 11.6 Å². The van der Waals surface area contributed by atoms with Gasteiger partial charge in [-0.3, -0.25) is 4.40 Å². The molecule has 0 N–H and O–H groups in total. The number of nitrogens with zero attached hydrogens (tertiary/aromatic N) is 5. The summed E-state index contributed by atoms with van der Waals surface area (Å²) in [6.07, 6.45) is 6.00. The van der Waals surface area contributed by atoms with Crippen LogP contribution in [0, 0.1) is 0 Å². The number of rotatable bonds is 6. The van der Waals surface area contributed by atoms with E-state index in [2.05, 4.69) is 70.6 Å². The molecule has 176 valence electrons. The molecule has 0 unspecified atom stereocenters. The first kappa shape index (κ1) is 22.2. The van der Waals surface area contributed by atoms with E-state index in [0.29, 0.717) is 17.1 Å². The third-order valence-corrected chi connectivity index (χ3v) is 7.66. The second-order valence-corrected chi connectivity index (χ2v) is 9.63. The van der Waals surface area contributed by atoms with Gasteiger partial charge in [0.1, 0.15) is 11.3 Å². The van der Waals surface area contributed by atoms with Gasteiger partial charge >= 0.3 is 0 Å². The van der Waals surface area contributed by atoms with Crippen LogP contribution in [-0.4, -0.2) is 43.4 Å². The Bertz CT molecular complexity index is 1500. The molecule has 0 spiro atoms. The quantitative estimate of drug-likeness (QED) is 0.266. The van der Waals surface area contributed by atoms with Crippen molar-refractivity contribution in [3.05, 3.63) is 84.0 Å². The van der Waals surface area contributed by atoms with E-state index < -0.39 is 0 Å². The molecular weight excluding hydrogens is 454 g/mol. The third kappa shape index (κ3) is 3.89. The van der Waals surface area contributed by atoms with E-state index in [4.69, 9.17) is 21.6 Å². The van der Waals surface area contributed by atoms with Gasteiger partial charge in [0, 0.05) is 40.9 Å². The van der Waals surface area contributed by atoms with Crippen molar-refractivity contribution in [3.8, 4) is 22.5 Å². The minimum Gasteiger partial charge on any atom is -0.301 e. The van der Waals surface area contributed by atoms with Crippen LogP contribution in [0.5, 0.6) is 0 Å². The van der Waals surface area contributed by atoms with E-state index in [1.165, 1.54) is 0 Å². The molecule has 1 aliphatic carbocycles. The Morgan fingerprint density at radius 2 is 1.71 bits per heavy atom. The Morgan fingerprint density at radius 3 is 2.49 bits per heavy atom. The van der Waals surface area contributed by atoms with Gasteiger partial charge in [-0.05, 0) is 38.1 Å². The minimum absolute atomic E-state index is 0.420. The van der Waals surface area contributed by atoms with Crippen molar-refractivity contribution in [2.45, 2.75) is 38.6 Å². The van der Waals surface area contributed by atoms with Crippen LogP contribution in [0.2, 0.25) is 5.15 Å². The monoisotopic (exact) mass is 481 g/mol. The van der Waals surface area contributed by atoms with E-state index in [1.807, 2.05) is 24.4 Å². The first-order chi connectivity index (χ1) is 17.2. The van der Waals surface area contributed by atoms with E-state index in [-0.39, 0.29) is 0 Å². The summed E-state index contributed by atoms with van der Waals surface area (Å²) in [5.41, 5.74) is 5.76. The van der Waals surface area contributed by atoms with Gasteiger partial charge in [-0.2, -0.15) is 0 Å². The maximum Gasteiger partial charge on any atom is 0.155 e. The number of hydrogen-bond donors (Lipinski definition) is 0. The minimum atomic E-state index is 0.420. The highest BCUT2D eigenvalue weighted by molar-refractivity contribution is 6.33. The van der Waals surface area contributed by atoms with Crippen LogP contribution in [-0.2, 0) is 0 Å². The Morgan fingerprint density at radius 1 is 0.943 bits per heavy atom. The topological polar surface area (TPSA) is 46.3 Å². The summed E-state index contributed by atoms with van der Waals surface area (Å²) in [4.78, 5) is 17.0. The fourth-order valence-corrected chi connectivity index (χ4v) is 5.62. The summed E-state index contributed by atoms with van der Waals surface area (Å²) in [5, 5.41) is 1.58. The average Bonchev–Trinajstić information content (AvgIpc) is 3.26. The lowest BCUT2D eigenvalue weighted by Gasteiger charge is -2.41. The first-order valence-corrected chi connectivity index (χ1v) is 12.8. The van der Waals surface area contributed by atoms with Crippen molar-refractivity contribution in [1.82, 2.24) is 24.3 Å². The van der Waals surface area contributed by atoms with Crippen molar-refractivity contribution in [2.24, 2.45) is 0 Å². The zero-order valence-corrected chi connectivity index (χ0v) is 20.8. The molecule has 0 amide bonds. The Balaban J connectivity index is 1.42. The normalized spacial score (nSPS) is 17.8. The van der Waals surface area contributed by atoms with Crippen molar-refractivity contribution in [3.63, 3.8) is 0 Å². The van der Waals surface area contributed by atoms with Crippen molar-refractivity contribution in [2.75, 3.05) is 13.1 Å². The van der Waals surface area contributed by atoms with Gasteiger partial charge in [0.15, 0.2) is 5.15 Å². The highest BCUT2D eigenvalue weighted by Crippen LogP contribution is 2.42. The number of benzene rings is 2. The summed E-state index contributed by atoms with van der Waals surface area (Å²) in [6.45, 7) is 6.66. The first-order valence-electron chi connectivity index (χ1n) is 12.4. The third-order valence-electron chi connectivity index (χ3n) is 7.38. The maximum absolute atomic E-state index is 6.64. The fourth-order valence-electron chi connectivity index (χ4n) is 5.38. The largest absolute Gasteiger partial charge is 0.301 e. The van der Waals surface area contributed by atoms with Gasteiger partial charge < -0.3 is 4.90 Å². The molecule has 35 heavy (non-hydrogen) atoms. The summed E-state index contributed by atoms with van der Waals surface area (Å²) in [7, 11) is 0. The molecule has 0 radical (unpaired) electrons. The predicted molar refractivity (Wildman–Crippen MR) is 143 cm³/mol.